The van der Waals surface area contributed by atoms with Crippen molar-refractivity contribution in [3.8, 4) is 0 Å². The number of nitrogens with two attached hydrogens (primary N) is 1. The maximum Gasteiger partial charge on any atom is 0.223 e. The van der Waals surface area contributed by atoms with Gasteiger partial charge in [-0.1, -0.05) is 31.2 Å². The highest BCUT2D eigenvalue weighted by Gasteiger charge is 2.28. The predicted molar refractivity (Wildman–Crippen MR) is 73.2 cm³/mol. The number of rotatable bonds is 4. The van der Waals surface area contributed by atoms with Crippen LogP contribution in [0.15, 0.2) is 24.3 Å². The first-order valence-electron chi connectivity index (χ1n) is 6.85. The summed E-state index contributed by atoms with van der Waals surface area (Å²) in [6, 6.07) is 8.73. The van der Waals surface area contributed by atoms with Crippen LogP contribution < -0.4 is 5.73 Å². The van der Waals surface area contributed by atoms with Gasteiger partial charge in [-0.2, -0.15) is 0 Å². The van der Waals surface area contributed by atoms with E-state index in [4.69, 9.17) is 5.73 Å². The minimum atomic E-state index is 0.250. The van der Waals surface area contributed by atoms with Gasteiger partial charge in [-0.15, -0.1) is 0 Å². The van der Waals surface area contributed by atoms with E-state index in [2.05, 4.69) is 31.2 Å². The summed E-state index contributed by atoms with van der Waals surface area (Å²) < 4.78 is 0. The molecule has 0 radical (unpaired) electrons. The molecule has 1 amide bonds. The molecule has 0 saturated carbocycles. The SMILES string of the molecule is CCC1c2ccccc2CCN1C(=O)CCCN. The van der Waals surface area contributed by atoms with Gasteiger partial charge in [-0.05, 0) is 36.9 Å². The highest BCUT2D eigenvalue weighted by Crippen LogP contribution is 2.32. The van der Waals surface area contributed by atoms with E-state index < -0.39 is 0 Å². The molecule has 2 rings (SSSR count). The monoisotopic (exact) mass is 246 g/mol. The molecule has 3 heteroatoms. The molecule has 1 heterocycles. The van der Waals surface area contributed by atoms with Crippen LogP contribution in [0.25, 0.3) is 0 Å². The molecule has 0 bridgehead atoms. The van der Waals surface area contributed by atoms with Gasteiger partial charge in [0.15, 0.2) is 0 Å². The largest absolute Gasteiger partial charge is 0.335 e. The van der Waals surface area contributed by atoms with Crippen molar-refractivity contribution in [1.29, 1.82) is 0 Å². The summed E-state index contributed by atoms with van der Waals surface area (Å²) in [5, 5.41) is 0. The van der Waals surface area contributed by atoms with E-state index in [-0.39, 0.29) is 11.9 Å². The molecule has 0 fully saturated rings. The van der Waals surface area contributed by atoms with Crippen molar-refractivity contribution < 1.29 is 4.79 Å². The smallest absolute Gasteiger partial charge is 0.223 e. The first-order valence-corrected chi connectivity index (χ1v) is 6.85. The average Bonchev–Trinajstić information content (AvgIpc) is 2.43. The molecule has 0 aromatic heterocycles. The van der Waals surface area contributed by atoms with E-state index in [1.54, 1.807) is 0 Å². The van der Waals surface area contributed by atoms with Crippen LogP contribution in [0, 0.1) is 0 Å². The van der Waals surface area contributed by atoms with Crippen LogP contribution >= 0.6 is 0 Å². The summed E-state index contributed by atoms with van der Waals surface area (Å²) in [5.74, 6) is 0.252. The second-order valence-electron chi connectivity index (χ2n) is 4.85. The second kappa shape index (κ2) is 6.01. The summed E-state index contributed by atoms with van der Waals surface area (Å²) in [4.78, 5) is 14.2. The normalized spacial score (nSPS) is 18.6. The quantitative estimate of drug-likeness (QED) is 0.885. The molecular formula is C15H22N2O. The van der Waals surface area contributed by atoms with E-state index in [1.165, 1.54) is 11.1 Å². The molecule has 1 unspecified atom stereocenters. The van der Waals surface area contributed by atoms with Crippen molar-refractivity contribution >= 4 is 5.91 Å². The Morgan fingerprint density at radius 3 is 2.94 bits per heavy atom. The Hall–Kier alpha value is -1.35. The van der Waals surface area contributed by atoms with Gasteiger partial charge < -0.3 is 10.6 Å². The molecule has 2 N–H and O–H groups in total. The highest BCUT2D eigenvalue weighted by molar-refractivity contribution is 5.77. The standard InChI is InChI=1S/C15H22N2O/c1-2-14-13-7-4-3-6-12(13)9-11-17(14)15(18)8-5-10-16/h3-4,6-7,14H,2,5,8-11,16H2,1H3. The fourth-order valence-electron chi connectivity index (χ4n) is 2.79. The Kier molecular flexibility index (Phi) is 4.37. The summed E-state index contributed by atoms with van der Waals surface area (Å²) in [7, 11) is 0. The Labute approximate surface area is 109 Å². The third-order valence-electron chi connectivity index (χ3n) is 3.71. The lowest BCUT2D eigenvalue weighted by atomic mass is 9.91. The third kappa shape index (κ3) is 2.56. The minimum Gasteiger partial charge on any atom is -0.335 e. The van der Waals surface area contributed by atoms with Crippen molar-refractivity contribution in [2.45, 2.75) is 38.6 Å². The topological polar surface area (TPSA) is 46.3 Å². The number of amides is 1. The van der Waals surface area contributed by atoms with Crippen LogP contribution in [0.3, 0.4) is 0 Å². The maximum absolute atomic E-state index is 12.2. The number of hydrogen-bond donors (Lipinski definition) is 1. The van der Waals surface area contributed by atoms with Gasteiger partial charge >= 0.3 is 0 Å². The Morgan fingerprint density at radius 2 is 2.22 bits per heavy atom. The van der Waals surface area contributed by atoms with Gasteiger partial charge in [0.25, 0.3) is 0 Å². The van der Waals surface area contributed by atoms with Gasteiger partial charge in [-0.3, -0.25) is 4.79 Å². The van der Waals surface area contributed by atoms with E-state index in [0.717, 1.165) is 25.8 Å². The van der Waals surface area contributed by atoms with Crippen molar-refractivity contribution in [2.24, 2.45) is 5.73 Å². The maximum atomic E-state index is 12.2. The van der Waals surface area contributed by atoms with E-state index >= 15 is 0 Å². The highest BCUT2D eigenvalue weighted by atomic mass is 16.2. The van der Waals surface area contributed by atoms with Crippen LogP contribution in [0.1, 0.15) is 43.4 Å². The molecule has 0 spiro atoms. The first-order chi connectivity index (χ1) is 8.77. The van der Waals surface area contributed by atoms with E-state index in [1.807, 2.05) is 4.90 Å². The molecule has 0 aliphatic carbocycles. The van der Waals surface area contributed by atoms with E-state index in [0.29, 0.717) is 13.0 Å². The van der Waals surface area contributed by atoms with Crippen LogP contribution in [0.5, 0.6) is 0 Å². The predicted octanol–water partition coefficient (Wildman–Crippen LogP) is 2.26. The van der Waals surface area contributed by atoms with Gasteiger partial charge in [0.1, 0.15) is 0 Å². The summed E-state index contributed by atoms with van der Waals surface area (Å²) in [6.07, 6.45) is 3.31. The average molecular weight is 246 g/mol. The van der Waals surface area contributed by atoms with Crippen molar-refractivity contribution in [3.05, 3.63) is 35.4 Å². The summed E-state index contributed by atoms with van der Waals surface area (Å²) >= 11 is 0. The number of fused-ring (bicyclic) bond motifs is 1. The second-order valence-corrected chi connectivity index (χ2v) is 4.85. The molecule has 1 atom stereocenters. The number of nitrogens with zero attached hydrogens (tertiary/aromatic N) is 1. The van der Waals surface area contributed by atoms with E-state index in [9.17, 15) is 4.79 Å². The zero-order chi connectivity index (χ0) is 13.0. The lowest BCUT2D eigenvalue weighted by Crippen LogP contribution is -2.39. The molecule has 1 aromatic rings. The lowest BCUT2D eigenvalue weighted by molar-refractivity contribution is -0.134. The molecule has 18 heavy (non-hydrogen) atoms. The van der Waals surface area contributed by atoms with Gasteiger partial charge in [0.2, 0.25) is 5.91 Å². The van der Waals surface area contributed by atoms with Crippen LogP contribution in [0.2, 0.25) is 0 Å². The molecule has 98 valence electrons. The fraction of sp³-hybridized carbons (Fsp3) is 0.533. The molecule has 1 aliphatic heterocycles. The molecule has 1 aliphatic rings. The third-order valence-corrected chi connectivity index (χ3v) is 3.71. The van der Waals surface area contributed by atoms with Crippen LogP contribution in [0.4, 0.5) is 0 Å². The van der Waals surface area contributed by atoms with Gasteiger partial charge in [-0.25, -0.2) is 0 Å². The van der Waals surface area contributed by atoms with Gasteiger partial charge in [0.05, 0.1) is 6.04 Å². The number of carbonyl (C=O) groups excluding carboxylic acids is 1. The summed E-state index contributed by atoms with van der Waals surface area (Å²) in [6.45, 7) is 3.59. The Bertz CT molecular complexity index is 417. The van der Waals surface area contributed by atoms with Crippen LogP contribution in [-0.4, -0.2) is 23.9 Å². The summed E-state index contributed by atoms with van der Waals surface area (Å²) in [5.41, 5.74) is 8.20. The minimum absolute atomic E-state index is 0.250. The molecular weight excluding hydrogens is 224 g/mol. The molecule has 1 aromatic carbocycles. The Balaban J connectivity index is 2.17. The molecule has 0 saturated heterocycles. The Morgan fingerprint density at radius 1 is 1.44 bits per heavy atom. The van der Waals surface area contributed by atoms with Crippen molar-refractivity contribution in [1.82, 2.24) is 4.90 Å². The number of hydrogen-bond acceptors (Lipinski definition) is 2. The first kappa shape index (κ1) is 13.1. The zero-order valence-corrected chi connectivity index (χ0v) is 11.1. The van der Waals surface area contributed by atoms with Gasteiger partial charge in [0, 0.05) is 13.0 Å². The number of carbonyl (C=O) groups is 1. The van der Waals surface area contributed by atoms with Crippen molar-refractivity contribution in [2.75, 3.05) is 13.1 Å². The zero-order valence-electron chi connectivity index (χ0n) is 11.1. The fourth-order valence-corrected chi connectivity index (χ4v) is 2.79. The lowest BCUT2D eigenvalue weighted by Gasteiger charge is -2.37. The van der Waals surface area contributed by atoms with Crippen LogP contribution in [-0.2, 0) is 11.2 Å². The molecule has 3 nitrogen and oxygen atoms in total. The number of benzene rings is 1. The van der Waals surface area contributed by atoms with Crippen molar-refractivity contribution in [3.63, 3.8) is 0 Å².